The van der Waals surface area contributed by atoms with Gasteiger partial charge >= 0.3 is 11.9 Å². The molecule has 4 nitrogen and oxygen atoms in total. The van der Waals surface area contributed by atoms with Crippen LogP contribution in [-0.4, -0.2) is 25.2 Å². The molecular formula is C22H19BrO4. The first-order valence-corrected chi connectivity index (χ1v) is 9.53. The van der Waals surface area contributed by atoms with Crippen molar-refractivity contribution in [3.8, 4) is 0 Å². The maximum absolute atomic E-state index is 12.7. The van der Waals surface area contributed by atoms with E-state index in [1.165, 1.54) is 0 Å². The number of carbonyl (C=O) groups excluding carboxylic acids is 2. The van der Waals surface area contributed by atoms with Gasteiger partial charge in [0.25, 0.3) is 0 Å². The van der Waals surface area contributed by atoms with Gasteiger partial charge in [0.1, 0.15) is 0 Å². The molecule has 0 fully saturated rings. The van der Waals surface area contributed by atoms with Crippen LogP contribution in [-0.2, 0) is 19.1 Å². The van der Waals surface area contributed by atoms with E-state index in [1.807, 2.05) is 54.6 Å². The Kier molecular flexibility index (Phi) is 5.91. The summed E-state index contributed by atoms with van der Waals surface area (Å²) >= 11 is 3.67. The van der Waals surface area contributed by atoms with Crippen molar-refractivity contribution in [1.82, 2.24) is 0 Å². The van der Waals surface area contributed by atoms with E-state index in [9.17, 15) is 9.59 Å². The van der Waals surface area contributed by atoms with Crippen molar-refractivity contribution in [3.05, 3.63) is 76.9 Å². The fourth-order valence-electron chi connectivity index (χ4n) is 3.10. The van der Waals surface area contributed by atoms with Crippen LogP contribution in [0, 0.1) is 0 Å². The molecule has 138 valence electrons. The van der Waals surface area contributed by atoms with Crippen molar-refractivity contribution in [2.24, 2.45) is 0 Å². The van der Waals surface area contributed by atoms with Crippen LogP contribution in [0.15, 0.2) is 60.2 Å². The summed E-state index contributed by atoms with van der Waals surface area (Å²) in [5.41, 5.74) is 3.81. The number of halogens is 1. The largest absolute Gasteiger partial charge is 0.462 e. The summed E-state index contributed by atoms with van der Waals surface area (Å²) in [6.07, 6.45) is 0. The highest BCUT2D eigenvalue weighted by Crippen LogP contribution is 2.50. The van der Waals surface area contributed by atoms with E-state index in [-0.39, 0.29) is 18.8 Å². The number of benzene rings is 2. The van der Waals surface area contributed by atoms with Gasteiger partial charge in [-0.1, -0.05) is 54.6 Å². The average molecular weight is 427 g/mol. The third kappa shape index (κ3) is 3.60. The topological polar surface area (TPSA) is 52.6 Å². The molecule has 2 aromatic rings. The van der Waals surface area contributed by atoms with Gasteiger partial charge in [0, 0.05) is 15.6 Å². The summed E-state index contributed by atoms with van der Waals surface area (Å²) < 4.78 is 11.2. The molecule has 0 amide bonds. The van der Waals surface area contributed by atoms with Crippen LogP contribution in [0.1, 0.15) is 30.5 Å². The SMILES string of the molecule is CCOC(=O)C(C(=O)OCC)=C1C(c2ccccc2)=C(Br)c2ccccc21. The minimum Gasteiger partial charge on any atom is -0.462 e. The first kappa shape index (κ1) is 19.1. The van der Waals surface area contributed by atoms with Crippen LogP contribution in [0.2, 0.25) is 0 Å². The smallest absolute Gasteiger partial charge is 0.346 e. The molecule has 0 saturated carbocycles. The number of esters is 2. The minimum absolute atomic E-state index is 0.0838. The Hall–Kier alpha value is -2.66. The molecular weight excluding hydrogens is 408 g/mol. The third-order valence-corrected chi connectivity index (χ3v) is 5.00. The normalized spacial score (nSPS) is 12.6. The second-order valence-corrected chi connectivity index (χ2v) is 6.58. The third-order valence-electron chi connectivity index (χ3n) is 4.17. The Morgan fingerprint density at radius 3 is 1.89 bits per heavy atom. The highest BCUT2D eigenvalue weighted by Gasteiger charge is 2.35. The van der Waals surface area contributed by atoms with Crippen molar-refractivity contribution in [2.45, 2.75) is 13.8 Å². The summed E-state index contributed by atoms with van der Waals surface area (Å²) in [6.45, 7) is 3.75. The van der Waals surface area contributed by atoms with Crippen LogP contribution in [0.25, 0.3) is 15.6 Å². The van der Waals surface area contributed by atoms with Gasteiger partial charge in [-0.2, -0.15) is 0 Å². The van der Waals surface area contributed by atoms with Crippen LogP contribution >= 0.6 is 15.9 Å². The molecule has 0 saturated heterocycles. The fraction of sp³-hybridized carbons (Fsp3) is 0.182. The van der Waals surface area contributed by atoms with Gasteiger partial charge in [0.15, 0.2) is 5.57 Å². The maximum Gasteiger partial charge on any atom is 0.346 e. The molecule has 0 aliphatic heterocycles. The van der Waals surface area contributed by atoms with E-state index >= 15 is 0 Å². The molecule has 0 N–H and O–H groups in total. The first-order chi connectivity index (χ1) is 13.1. The quantitative estimate of drug-likeness (QED) is 0.297. The summed E-state index contributed by atoms with van der Waals surface area (Å²) in [6, 6.07) is 17.3. The molecule has 2 aromatic carbocycles. The average Bonchev–Trinajstić information content (AvgIpc) is 2.96. The van der Waals surface area contributed by atoms with Crippen LogP contribution < -0.4 is 0 Å². The molecule has 5 heteroatoms. The zero-order chi connectivity index (χ0) is 19.4. The monoisotopic (exact) mass is 426 g/mol. The van der Waals surface area contributed by atoms with Gasteiger partial charge in [-0.15, -0.1) is 0 Å². The van der Waals surface area contributed by atoms with Gasteiger partial charge in [-0.3, -0.25) is 0 Å². The molecule has 27 heavy (non-hydrogen) atoms. The molecule has 0 unspecified atom stereocenters. The summed E-state index contributed by atoms with van der Waals surface area (Å²) in [7, 11) is 0. The van der Waals surface area contributed by atoms with Crippen molar-refractivity contribution < 1.29 is 19.1 Å². The Labute approximate surface area is 166 Å². The molecule has 0 bridgehead atoms. The number of rotatable bonds is 5. The van der Waals surface area contributed by atoms with E-state index in [0.717, 1.165) is 26.7 Å². The van der Waals surface area contributed by atoms with Gasteiger partial charge in [-0.25, -0.2) is 9.59 Å². The second-order valence-electron chi connectivity index (χ2n) is 5.79. The molecule has 0 atom stereocenters. The van der Waals surface area contributed by atoms with Gasteiger partial charge < -0.3 is 9.47 Å². The molecule has 3 rings (SSSR count). The van der Waals surface area contributed by atoms with E-state index in [2.05, 4.69) is 15.9 Å². The molecule has 0 spiro atoms. The van der Waals surface area contributed by atoms with Gasteiger partial charge in [-0.05, 0) is 46.5 Å². The van der Waals surface area contributed by atoms with E-state index in [0.29, 0.717) is 5.57 Å². The van der Waals surface area contributed by atoms with Crippen molar-refractivity contribution in [3.63, 3.8) is 0 Å². The van der Waals surface area contributed by atoms with Crippen LogP contribution in [0.4, 0.5) is 0 Å². The molecule has 0 aromatic heterocycles. The number of fused-ring (bicyclic) bond motifs is 1. The lowest BCUT2D eigenvalue weighted by atomic mass is 9.92. The zero-order valence-corrected chi connectivity index (χ0v) is 16.7. The molecule has 0 radical (unpaired) electrons. The lowest BCUT2D eigenvalue weighted by molar-refractivity contribution is -0.146. The number of carbonyl (C=O) groups is 2. The number of allylic oxidation sites excluding steroid dienone is 2. The minimum atomic E-state index is -0.684. The fourth-order valence-corrected chi connectivity index (χ4v) is 3.87. The van der Waals surface area contributed by atoms with Crippen molar-refractivity contribution in [1.29, 1.82) is 0 Å². The molecule has 0 heterocycles. The van der Waals surface area contributed by atoms with Crippen molar-refractivity contribution in [2.75, 3.05) is 13.2 Å². The van der Waals surface area contributed by atoms with Gasteiger partial charge in [0.05, 0.1) is 13.2 Å². The van der Waals surface area contributed by atoms with E-state index in [4.69, 9.17) is 9.47 Å². The predicted molar refractivity (Wildman–Crippen MR) is 109 cm³/mol. The molecule has 1 aliphatic rings. The predicted octanol–water partition coefficient (Wildman–Crippen LogP) is 4.84. The number of hydrogen-bond acceptors (Lipinski definition) is 4. The Bertz CT molecular complexity index is 922. The summed E-state index contributed by atoms with van der Waals surface area (Å²) in [4.78, 5) is 25.4. The Balaban J connectivity index is 2.34. The highest BCUT2D eigenvalue weighted by molar-refractivity contribution is 9.15. The lowest BCUT2D eigenvalue weighted by Crippen LogP contribution is -2.20. The summed E-state index contributed by atoms with van der Waals surface area (Å²) in [5, 5.41) is 0. The van der Waals surface area contributed by atoms with E-state index < -0.39 is 11.9 Å². The number of hydrogen-bond donors (Lipinski definition) is 0. The van der Waals surface area contributed by atoms with Gasteiger partial charge in [0.2, 0.25) is 0 Å². The first-order valence-electron chi connectivity index (χ1n) is 8.74. The zero-order valence-electron chi connectivity index (χ0n) is 15.1. The second kappa shape index (κ2) is 8.35. The highest BCUT2D eigenvalue weighted by atomic mass is 79.9. The Morgan fingerprint density at radius 1 is 0.815 bits per heavy atom. The molecule has 1 aliphatic carbocycles. The standard InChI is InChI=1S/C22H19BrO4/c1-3-26-21(24)19(22(25)27-4-2)18-15-12-8-9-13-16(15)20(23)17(18)14-10-6-5-7-11-14/h5-13H,3-4H2,1-2H3. The maximum atomic E-state index is 12.7. The lowest BCUT2D eigenvalue weighted by Gasteiger charge is -2.14. The Morgan fingerprint density at radius 2 is 1.33 bits per heavy atom. The summed E-state index contributed by atoms with van der Waals surface area (Å²) in [5.74, 6) is -1.37. The van der Waals surface area contributed by atoms with Crippen molar-refractivity contribution >= 4 is 43.5 Å². The number of ether oxygens (including phenoxy) is 2. The van der Waals surface area contributed by atoms with E-state index in [1.54, 1.807) is 13.8 Å². The van der Waals surface area contributed by atoms with Crippen LogP contribution in [0.5, 0.6) is 0 Å². The van der Waals surface area contributed by atoms with Crippen LogP contribution in [0.3, 0.4) is 0 Å².